The number of aliphatic carboxylic acids is 1. The fraction of sp³-hybridized carbons (Fsp3) is 0.677. The maximum Gasteiger partial charge on any atom is 0.309 e. The van der Waals surface area contributed by atoms with Crippen molar-refractivity contribution >= 4 is 11.9 Å². The maximum atomic E-state index is 13.0. The van der Waals surface area contributed by atoms with Gasteiger partial charge < -0.3 is 19.3 Å². The van der Waals surface area contributed by atoms with E-state index >= 15 is 0 Å². The van der Waals surface area contributed by atoms with E-state index in [2.05, 4.69) is 39.0 Å². The van der Waals surface area contributed by atoms with Crippen molar-refractivity contribution in [2.45, 2.75) is 122 Å². The van der Waals surface area contributed by atoms with Gasteiger partial charge in [-0.1, -0.05) is 55.9 Å². The summed E-state index contributed by atoms with van der Waals surface area (Å²) in [5, 5.41) is 8.77. The third-order valence-corrected chi connectivity index (χ3v) is 7.60. The minimum atomic E-state index is -0.776. The van der Waals surface area contributed by atoms with Crippen molar-refractivity contribution in [2.24, 2.45) is 11.8 Å². The highest BCUT2D eigenvalue weighted by molar-refractivity contribution is 5.70. The van der Waals surface area contributed by atoms with Gasteiger partial charge in [0.15, 0.2) is 0 Å². The van der Waals surface area contributed by atoms with Crippen LogP contribution in [0.4, 0.5) is 0 Å². The van der Waals surface area contributed by atoms with E-state index < -0.39 is 5.97 Å². The smallest absolute Gasteiger partial charge is 0.309 e. The van der Waals surface area contributed by atoms with Gasteiger partial charge >= 0.3 is 11.9 Å². The molecule has 1 N–H and O–H groups in total. The highest BCUT2D eigenvalue weighted by Gasteiger charge is 2.32. The summed E-state index contributed by atoms with van der Waals surface area (Å²) in [6, 6.07) is 0. The molecule has 206 valence electrons. The molecule has 3 unspecified atom stereocenters. The molecule has 2 fully saturated rings. The van der Waals surface area contributed by atoms with E-state index in [0.29, 0.717) is 18.8 Å². The molecule has 0 aromatic heterocycles. The highest BCUT2D eigenvalue weighted by atomic mass is 16.5. The van der Waals surface area contributed by atoms with Crippen LogP contribution in [0.15, 0.2) is 48.1 Å². The minimum absolute atomic E-state index is 0.0158. The summed E-state index contributed by atoms with van der Waals surface area (Å²) < 4.78 is 18.9. The first-order chi connectivity index (χ1) is 17.8. The fourth-order valence-electron chi connectivity index (χ4n) is 5.55. The molecule has 0 saturated carbocycles. The SMILES string of the molecule is C/C=C1\CC2CC(=O)OC(/C=C/C=C\CCCC(=O)O)[C@@H](C)/C=C/[C@H](C)C[C@H]3CCCC(C[C@@H](C1)O2)O3. The number of carbonyl (C=O) groups excluding carboxylic acids is 1. The molecule has 0 amide bonds. The van der Waals surface area contributed by atoms with Gasteiger partial charge in [0.1, 0.15) is 6.10 Å². The Balaban J connectivity index is 1.73. The Bertz CT molecular complexity index is 856. The number of esters is 1. The summed E-state index contributed by atoms with van der Waals surface area (Å²) >= 11 is 0. The second-order valence-corrected chi connectivity index (χ2v) is 11.0. The fourth-order valence-corrected chi connectivity index (χ4v) is 5.55. The van der Waals surface area contributed by atoms with E-state index in [-0.39, 0.29) is 55.2 Å². The predicted molar refractivity (Wildman–Crippen MR) is 145 cm³/mol. The lowest BCUT2D eigenvalue weighted by Crippen LogP contribution is -2.37. The molecule has 3 heterocycles. The van der Waals surface area contributed by atoms with Crippen molar-refractivity contribution < 1.29 is 28.9 Å². The first-order valence-corrected chi connectivity index (χ1v) is 14.2. The van der Waals surface area contributed by atoms with Crippen molar-refractivity contribution in [3.8, 4) is 0 Å². The zero-order chi connectivity index (χ0) is 26.6. The molecule has 0 radical (unpaired) electrons. The third kappa shape index (κ3) is 10.6. The van der Waals surface area contributed by atoms with Crippen LogP contribution in [0.5, 0.6) is 0 Å². The number of cyclic esters (lactones) is 1. The molecule has 0 spiro atoms. The molecule has 2 saturated heterocycles. The van der Waals surface area contributed by atoms with E-state index in [1.54, 1.807) is 0 Å². The first kappa shape index (κ1) is 29.4. The molecule has 3 aliphatic heterocycles. The van der Waals surface area contributed by atoms with Crippen molar-refractivity contribution in [2.75, 3.05) is 0 Å². The summed E-state index contributed by atoms with van der Waals surface area (Å²) in [5.74, 6) is -0.627. The molecule has 3 aliphatic rings. The van der Waals surface area contributed by atoms with Gasteiger partial charge in [-0.25, -0.2) is 0 Å². The van der Waals surface area contributed by atoms with Crippen LogP contribution in [0, 0.1) is 11.8 Å². The average molecular weight is 515 g/mol. The van der Waals surface area contributed by atoms with E-state index in [0.717, 1.165) is 38.5 Å². The van der Waals surface area contributed by atoms with Crippen molar-refractivity contribution in [3.63, 3.8) is 0 Å². The lowest BCUT2D eigenvalue weighted by Gasteiger charge is -2.37. The molecule has 6 heteroatoms. The second-order valence-electron chi connectivity index (χ2n) is 11.0. The Kier molecular flexibility index (Phi) is 12.1. The van der Waals surface area contributed by atoms with Crippen molar-refractivity contribution in [1.29, 1.82) is 0 Å². The zero-order valence-corrected chi connectivity index (χ0v) is 22.8. The summed E-state index contributed by atoms with van der Waals surface area (Å²) in [6.07, 6.45) is 22.9. The summed E-state index contributed by atoms with van der Waals surface area (Å²) in [5.41, 5.74) is 1.34. The maximum absolute atomic E-state index is 13.0. The Morgan fingerprint density at radius 2 is 1.73 bits per heavy atom. The van der Waals surface area contributed by atoms with E-state index in [4.69, 9.17) is 19.3 Å². The van der Waals surface area contributed by atoms with E-state index in [9.17, 15) is 9.59 Å². The quantitative estimate of drug-likeness (QED) is 0.184. The van der Waals surface area contributed by atoms with Crippen LogP contribution in [-0.2, 0) is 23.8 Å². The van der Waals surface area contributed by atoms with Gasteiger partial charge in [0.05, 0.1) is 30.8 Å². The number of ether oxygens (including phenoxy) is 3. The normalized spacial score (nSPS) is 36.0. The molecule has 3 rings (SSSR count). The number of unbranched alkanes of at least 4 members (excludes halogenated alkanes) is 1. The Labute approximate surface area is 222 Å². The zero-order valence-electron chi connectivity index (χ0n) is 22.8. The molecular formula is C31H46O6. The summed E-state index contributed by atoms with van der Waals surface area (Å²) in [7, 11) is 0. The van der Waals surface area contributed by atoms with Crippen LogP contribution in [0.3, 0.4) is 0 Å². The molecule has 6 nitrogen and oxygen atoms in total. The number of allylic oxidation sites excluding steroid dienone is 5. The van der Waals surface area contributed by atoms with E-state index in [1.165, 1.54) is 12.0 Å². The molecule has 37 heavy (non-hydrogen) atoms. The number of hydrogen-bond acceptors (Lipinski definition) is 5. The number of carbonyl (C=O) groups is 2. The topological polar surface area (TPSA) is 82.1 Å². The van der Waals surface area contributed by atoms with Gasteiger partial charge in [0.2, 0.25) is 0 Å². The minimum Gasteiger partial charge on any atom is -0.481 e. The van der Waals surface area contributed by atoms with Gasteiger partial charge in [0.25, 0.3) is 0 Å². The number of carboxylic acid groups (broad SMARTS) is 1. The van der Waals surface area contributed by atoms with Crippen molar-refractivity contribution in [1.82, 2.24) is 0 Å². The van der Waals surface area contributed by atoms with Crippen LogP contribution < -0.4 is 0 Å². The average Bonchev–Trinajstić information content (AvgIpc) is 2.85. The number of carboxylic acids is 1. The Morgan fingerprint density at radius 3 is 2.49 bits per heavy atom. The number of rotatable bonds is 6. The standard InChI is InChI=1S/C31H46O6/c1-4-24-18-27-20-26-12-10-11-25(35-26)17-22(2)15-16-23(3)29(37-31(34)21-28(19-24)36-27)13-8-6-5-7-9-14-30(32)33/h4-6,8,13,15-16,22-23,25-29H,7,9-12,14,17-21H2,1-3H3,(H,32,33)/b6-5-,13-8+,16-15+,24-4-/t22-,23-,25+,26?,27+,28?,29?/m0/s1. The van der Waals surface area contributed by atoms with Gasteiger partial charge in [0, 0.05) is 18.8 Å². The van der Waals surface area contributed by atoms with Gasteiger partial charge in [-0.05, 0) is 70.3 Å². The molecule has 7 atom stereocenters. The molecule has 0 aliphatic carbocycles. The highest BCUT2D eigenvalue weighted by Crippen LogP contribution is 2.33. The van der Waals surface area contributed by atoms with Crippen LogP contribution in [-0.4, -0.2) is 47.6 Å². The number of fused-ring (bicyclic) bond motifs is 4. The largest absolute Gasteiger partial charge is 0.481 e. The number of hydrogen-bond donors (Lipinski definition) is 1. The van der Waals surface area contributed by atoms with Gasteiger partial charge in [-0.15, -0.1) is 0 Å². The Hall–Kier alpha value is -2.18. The van der Waals surface area contributed by atoms with Crippen LogP contribution in [0.2, 0.25) is 0 Å². The molecule has 0 aromatic carbocycles. The second kappa shape index (κ2) is 15.3. The third-order valence-electron chi connectivity index (χ3n) is 7.60. The van der Waals surface area contributed by atoms with Gasteiger partial charge in [-0.3, -0.25) is 9.59 Å². The molecular weight excluding hydrogens is 468 g/mol. The first-order valence-electron chi connectivity index (χ1n) is 14.2. The van der Waals surface area contributed by atoms with E-state index in [1.807, 2.05) is 24.3 Å². The van der Waals surface area contributed by atoms with Gasteiger partial charge in [-0.2, -0.15) is 0 Å². The van der Waals surface area contributed by atoms with Crippen LogP contribution in [0.1, 0.15) is 91.4 Å². The predicted octanol–water partition coefficient (Wildman–Crippen LogP) is 6.71. The lowest BCUT2D eigenvalue weighted by atomic mass is 9.90. The molecule has 0 aromatic rings. The Morgan fingerprint density at radius 1 is 1.00 bits per heavy atom. The lowest BCUT2D eigenvalue weighted by molar-refractivity contribution is -0.154. The van der Waals surface area contributed by atoms with Crippen molar-refractivity contribution in [3.05, 3.63) is 48.1 Å². The molecule has 4 bridgehead atoms. The monoisotopic (exact) mass is 514 g/mol. The van der Waals surface area contributed by atoms with Crippen LogP contribution in [0.25, 0.3) is 0 Å². The summed E-state index contributed by atoms with van der Waals surface area (Å²) in [4.78, 5) is 23.7. The summed E-state index contributed by atoms with van der Waals surface area (Å²) in [6.45, 7) is 6.37. The van der Waals surface area contributed by atoms with Crippen LogP contribution >= 0.6 is 0 Å².